The van der Waals surface area contributed by atoms with Gasteiger partial charge in [-0.05, 0) is 84.3 Å². The van der Waals surface area contributed by atoms with Crippen molar-refractivity contribution in [2.45, 2.75) is 30.3 Å². The van der Waals surface area contributed by atoms with Crippen molar-refractivity contribution in [2.75, 3.05) is 13.1 Å². The van der Waals surface area contributed by atoms with E-state index in [4.69, 9.17) is 11.6 Å². The van der Waals surface area contributed by atoms with Crippen LogP contribution in [0.3, 0.4) is 0 Å². The van der Waals surface area contributed by atoms with Crippen LogP contribution in [0, 0.1) is 4.91 Å². The molecule has 0 saturated carbocycles. The number of benzene rings is 3. The number of carbonyl (C=O) groups is 2. The van der Waals surface area contributed by atoms with Crippen molar-refractivity contribution < 1.29 is 18.0 Å². The summed E-state index contributed by atoms with van der Waals surface area (Å²) in [5.41, 5.74) is 0.258. The molecule has 0 spiro atoms. The second-order valence-corrected chi connectivity index (χ2v) is 12.3. The number of amides is 2. The van der Waals surface area contributed by atoms with Gasteiger partial charge in [-0.25, -0.2) is 8.42 Å². The fourth-order valence-electron chi connectivity index (χ4n) is 5.22. The van der Waals surface area contributed by atoms with Gasteiger partial charge < -0.3 is 4.90 Å². The number of nitroso groups, excluding NO2 is 1. The van der Waals surface area contributed by atoms with Gasteiger partial charge in [0.1, 0.15) is 5.54 Å². The van der Waals surface area contributed by atoms with E-state index in [1.807, 2.05) is 12.1 Å². The number of aromatic nitrogens is 1. The van der Waals surface area contributed by atoms with E-state index in [1.165, 1.54) is 24.0 Å². The number of halogens is 1. The highest BCUT2D eigenvalue weighted by molar-refractivity contribution is 7.89. The van der Waals surface area contributed by atoms with Crippen LogP contribution in [0.5, 0.6) is 0 Å². The van der Waals surface area contributed by atoms with Crippen LogP contribution < -0.4 is 0 Å². The molecule has 1 aromatic heterocycles. The highest BCUT2D eigenvalue weighted by Gasteiger charge is 2.52. The molecule has 9 nitrogen and oxygen atoms in total. The Hall–Kier alpha value is -3.99. The summed E-state index contributed by atoms with van der Waals surface area (Å²) in [5.74, 6) is -1.64. The van der Waals surface area contributed by atoms with Crippen LogP contribution >= 0.6 is 11.6 Å². The van der Waals surface area contributed by atoms with Gasteiger partial charge in [0, 0.05) is 47.3 Å². The van der Waals surface area contributed by atoms with Crippen LogP contribution in [0.15, 0.2) is 95.3 Å². The van der Waals surface area contributed by atoms with E-state index in [2.05, 4.69) is 10.2 Å². The Bertz CT molecular complexity index is 1730. The lowest BCUT2D eigenvalue weighted by Gasteiger charge is -2.49. The maximum Gasteiger partial charge on any atom is 0.312 e. The second kappa shape index (κ2) is 10.5. The first-order valence-electron chi connectivity index (χ1n) is 12.5. The number of nitrogens with zero attached hydrogens (tertiary/aromatic N) is 4. The number of pyridine rings is 1. The van der Waals surface area contributed by atoms with E-state index < -0.39 is 40.0 Å². The van der Waals surface area contributed by atoms with Gasteiger partial charge >= 0.3 is 5.91 Å². The van der Waals surface area contributed by atoms with Crippen molar-refractivity contribution in [3.05, 3.63) is 101 Å². The van der Waals surface area contributed by atoms with E-state index in [9.17, 15) is 22.9 Å². The molecule has 2 unspecified atom stereocenters. The Morgan fingerprint density at radius 3 is 2.25 bits per heavy atom. The molecule has 11 heteroatoms. The first-order chi connectivity index (χ1) is 19.0. The Kier molecular flexibility index (Phi) is 7.26. The van der Waals surface area contributed by atoms with Gasteiger partial charge in [-0.15, -0.1) is 4.91 Å². The zero-order chi connectivity index (χ0) is 28.7. The number of rotatable bonds is 5. The van der Waals surface area contributed by atoms with Crippen molar-refractivity contribution in [3.8, 4) is 11.1 Å². The summed E-state index contributed by atoms with van der Waals surface area (Å²) in [6.45, 7) is 2.51. The van der Waals surface area contributed by atoms with Crippen LogP contribution in [-0.2, 0) is 14.8 Å². The molecule has 4 aromatic rings. The number of carbonyl (C=O) groups excluding carboxylic acids is 2. The molecular weight excluding hydrogens is 552 g/mol. The van der Waals surface area contributed by atoms with Crippen molar-refractivity contribution in [3.63, 3.8) is 0 Å². The summed E-state index contributed by atoms with van der Waals surface area (Å²) in [6, 6.07) is 19.5. The summed E-state index contributed by atoms with van der Waals surface area (Å²) in [5, 5.41) is 4.59. The average Bonchev–Trinajstić information content (AvgIpc) is 2.96. The van der Waals surface area contributed by atoms with Crippen molar-refractivity contribution in [1.29, 1.82) is 0 Å². The molecule has 2 amide bonds. The highest BCUT2D eigenvalue weighted by Crippen LogP contribution is 2.33. The average molecular weight is 577 g/mol. The van der Waals surface area contributed by atoms with Crippen LogP contribution in [0.2, 0.25) is 5.02 Å². The summed E-state index contributed by atoms with van der Waals surface area (Å²) in [7, 11) is -4.10. The van der Waals surface area contributed by atoms with Crippen molar-refractivity contribution in [2.24, 2.45) is 5.18 Å². The molecule has 1 fully saturated rings. The molecule has 2 atom stereocenters. The molecule has 1 aliphatic rings. The maximum atomic E-state index is 13.7. The molecule has 0 radical (unpaired) electrons. The third-order valence-electron chi connectivity index (χ3n) is 7.24. The predicted molar refractivity (Wildman–Crippen MR) is 152 cm³/mol. The minimum absolute atomic E-state index is 0.0230. The number of fused-ring (bicyclic) bond motifs is 1. The van der Waals surface area contributed by atoms with Gasteiger partial charge in [0.05, 0.1) is 4.90 Å². The standard InChI is InChI=1S/C29H25ClN4O5S/c1-19-17-33(40(38,39)26-10-8-23-15-25(30)9-7-24(23)16-26)18-29(2,28(36)32-37)34(19)27(35)22-5-3-20(4-6-22)21-11-13-31-14-12-21/h3-16,19H,17-18H2,1-2H3. The fraction of sp³-hybridized carbons (Fsp3) is 0.207. The summed E-state index contributed by atoms with van der Waals surface area (Å²) >= 11 is 6.05. The predicted octanol–water partition coefficient (Wildman–Crippen LogP) is 5.14. The third-order valence-corrected chi connectivity index (χ3v) is 9.29. The quantitative estimate of drug-likeness (QED) is 0.304. The van der Waals surface area contributed by atoms with Gasteiger partial charge in [-0.1, -0.05) is 35.9 Å². The molecule has 1 saturated heterocycles. The second-order valence-electron chi connectivity index (χ2n) is 9.96. The monoisotopic (exact) mass is 576 g/mol. The minimum atomic E-state index is -4.10. The van der Waals surface area contributed by atoms with Gasteiger partial charge in [0.15, 0.2) is 0 Å². The Labute approximate surface area is 236 Å². The van der Waals surface area contributed by atoms with Gasteiger partial charge in [0.25, 0.3) is 5.91 Å². The smallest absolute Gasteiger partial charge is 0.312 e. The largest absolute Gasteiger partial charge is 0.319 e. The Morgan fingerprint density at radius 2 is 1.57 bits per heavy atom. The molecule has 0 N–H and O–H groups in total. The lowest BCUT2D eigenvalue weighted by atomic mass is 9.92. The zero-order valence-electron chi connectivity index (χ0n) is 21.7. The number of hydrogen-bond acceptors (Lipinski definition) is 6. The molecule has 5 rings (SSSR count). The molecular formula is C29H25ClN4O5S. The number of hydrogen-bond donors (Lipinski definition) is 0. The first-order valence-corrected chi connectivity index (χ1v) is 14.3. The zero-order valence-corrected chi connectivity index (χ0v) is 23.3. The Morgan fingerprint density at radius 1 is 0.950 bits per heavy atom. The Balaban J connectivity index is 1.47. The molecule has 3 aromatic carbocycles. The molecule has 0 bridgehead atoms. The number of piperazine rings is 1. The van der Waals surface area contributed by atoms with E-state index >= 15 is 0 Å². The first kappa shape index (κ1) is 27.6. The van der Waals surface area contributed by atoms with E-state index in [0.29, 0.717) is 16.0 Å². The van der Waals surface area contributed by atoms with Crippen LogP contribution in [0.25, 0.3) is 21.9 Å². The van der Waals surface area contributed by atoms with Crippen LogP contribution in [0.1, 0.15) is 24.2 Å². The van der Waals surface area contributed by atoms with Crippen molar-refractivity contribution >= 4 is 44.2 Å². The SMILES string of the molecule is CC1CN(S(=O)(=O)c2ccc3cc(Cl)ccc3c2)CC(C)(C(=O)N=O)N1C(=O)c1ccc(-c2ccncc2)cc1. The number of sulfonamides is 1. The van der Waals surface area contributed by atoms with Gasteiger partial charge in [-0.3, -0.25) is 14.6 Å². The third kappa shape index (κ3) is 4.90. The van der Waals surface area contributed by atoms with Gasteiger partial charge in [0.2, 0.25) is 10.0 Å². The van der Waals surface area contributed by atoms with E-state index in [-0.39, 0.29) is 11.4 Å². The minimum Gasteiger partial charge on any atom is -0.319 e. The van der Waals surface area contributed by atoms with E-state index in [0.717, 1.165) is 20.8 Å². The summed E-state index contributed by atoms with van der Waals surface area (Å²) < 4.78 is 28.6. The summed E-state index contributed by atoms with van der Waals surface area (Å²) in [6.07, 6.45) is 3.33. The molecule has 40 heavy (non-hydrogen) atoms. The molecule has 0 aliphatic carbocycles. The van der Waals surface area contributed by atoms with Crippen LogP contribution in [0.4, 0.5) is 0 Å². The molecule has 1 aliphatic heterocycles. The maximum absolute atomic E-state index is 13.7. The van der Waals surface area contributed by atoms with Crippen LogP contribution in [-0.4, -0.2) is 59.1 Å². The normalized spacial score (nSPS) is 19.9. The molecule has 204 valence electrons. The van der Waals surface area contributed by atoms with Crippen molar-refractivity contribution in [1.82, 2.24) is 14.2 Å². The lowest BCUT2D eigenvalue weighted by Crippen LogP contribution is -2.69. The lowest BCUT2D eigenvalue weighted by molar-refractivity contribution is -0.131. The molecule has 2 heterocycles. The highest BCUT2D eigenvalue weighted by atomic mass is 35.5. The topological polar surface area (TPSA) is 117 Å². The van der Waals surface area contributed by atoms with Gasteiger partial charge in [-0.2, -0.15) is 4.31 Å². The fourth-order valence-corrected chi connectivity index (χ4v) is 7.04. The van der Waals surface area contributed by atoms with E-state index in [1.54, 1.807) is 67.8 Å². The summed E-state index contributed by atoms with van der Waals surface area (Å²) in [4.78, 5) is 43.5.